The molecule has 3 N–H and O–H groups in total. The molecule has 1 aliphatic rings. The molecule has 0 bridgehead atoms. The SMILES string of the molecule is CC(C)(C(Cc1cc(Cl)ccc1F)NN)N1CCCC1. The maximum absolute atomic E-state index is 13.9. The van der Waals surface area contributed by atoms with Crippen molar-refractivity contribution in [2.75, 3.05) is 13.1 Å². The first-order valence-electron chi connectivity index (χ1n) is 7.10. The Hall–Kier alpha value is -0.680. The first kappa shape index (κ1) is 15.7. The van der Waals surface area contributed by atoms with Crippen LogP contribution in [0.3, 0.4) is 0 Å². The van der Waals surface area contributed by atoms with Crippen LogP contribution in [-0.2, 0) is 6.42 Å². The molecule has 1 aromatic carbocycles. The van der Waals surface area contributed by atoms with Crippen molar-refractivity contribution in [1.29, 1.82) is 0 Å². The standard InChI is InChI=1S/C15H23ClFN3/c1-15(2,20-7-3-4-8-20)14(19-18)10-11-9-12(16)5-6-13(11)17/h5-6,9,14,19H,3-4,7-8,10,18H2,1-2H3. The van der Waals surface area contributed by atoms with Crippen molar-refractivity contribution in [2.45, 2.75) is 44.7 Å². The summed E-state index contributed by atoms with van der Waals surface area (Å²) in [5.74, 6) is 5.50. The maximum atomic E-state index is 13.9. The molecule has 0 spiro atoms. The third-order valence-electron chi connectivity index (χ3n) is 4.41. The second kappa shape index (κ2) is 6.39. The van der Waals surface area contributed by atoms with E-state index in [0.717, 1.165) is 13.1 Å². The highest BCUT2D eigenvalue weighted by Gasteiger charge is 2.36. The molecule has 1 aromatic rings. The van der Waals surface area contributed by atoms with Gasteiger partial charge in [0.2, 0.25) is 0 Å². The molecule has 0 radical (unpaired) electrons. The quantitative estimate of drug-likeness (QED) is 0.649. The van der Waals surface area contributed by atoms with Crippen LogP contribution in [0, 0.1) is 5.82 Å². The zero-order valence-corrected chi connectivity index (χ0v) is 12.9. The molecule has 1 atom stereocenters. The third kappa shape index (κ3) is 3.31. The van der Waals surface area contributed by atoms with Crippen LogP contribution in [-0.4, -0.2) is 29.6 Å². The van der Waals surface area contributed by atoms with Gasteiger partial charge in [-0.1, -0.05) is 11.6 Å². The van der Waals surface area contributed by atoms with Gasteiger partial charge >= 0.3 is 0 Å². The van der Waals surface area contributed by atoms with Crippen LogP contribution in [0.5, 0.6) is 0 Å². The molecule has 112 valence electrons. The molecular weight excluding hydrogens is 277 g/mol. The van der Waals surface area contributed by atoms with Crippen LogP contribution in [0.1, 0.15) is 32.3 Å². The lowest BCUT2D eigenvalue weighted by Gasteiger charge is -2.42. The van der Waals surface area contributed by atoms with E-state index in [9.17, 15) is 4.39 Å². The number of likely N-dealkylation sites (tertiary alicyclic amines) is 1. The normalized spacial score (nSPS) is 18.4. The van der Waals surface area contributed by atoms with E-state index in [1.54, 1.807) is 12.1 Å². The Kier molecular flexibility index (Phi) is 5.02. The molecule has 2 rings (SSSR count). The summed E-state index contributed by atoms with van der Waals surface area (Å²) in [6.45, 7) is 6.46. The molecule has 20 heavy (non-hydrogen) atoms. The molecule has 0 amide bonds. The second-order valence-electron chi connectivity index (χ2n) is 6.01. The number of halogens is 2. The lowest BCUT2D eigenvalue weighted by atomic mass is 9.88. The number of nitrogens with zero attached hydrogens (tertiary/aromatic N) is 1. The number of rotatable bonds is 5. The molecule has 1 unspecified atom stereocenters. The van der Waals surface area contributed by atoms with Crippen LogP contribution in [0.4, 0.5) is 4.39 Å². The van der Waals surface area contributed by atoms with E-state index in [-0.39, 0.29) is 17.4 Å². The van der Waals surface area contributed by atoms with Gasteiger partial charge in [-0.25, -0.2) is 4.39 Å². The first-order chi connectivity index (χ1) is 9.45. The van der Waals surface area contributed by atoms with Crippen molar-refractivity contribution in [2.24, 2.45) is 5.84 Å². The van der Waals surface area contributed by atoms with Crippen molar-refractivity contribution in [3.8, 4) is 0 Å². The minimum Gasteiger partial charge on any atom is -0.297 e. The summed E-state index contributed by atoms with van der Waals surface area (Å²) in [7, 11) is 0. The maximum Gasteiger partial charge on any atom is 0.126 e. The van der Waals surface area contributed by atoms with E-state index < -0.39 is 0 Å². The Bertz CT molecular complexity index is 458. The van der Waals surface area contributed by atoms with Gasteiger partial charge in [0, 0.05) is 16.6 Å². The lowest BCUT2D eigenvalue weighted by Crippen LogP contribution is -2.59. The molecule has 1 saturated heterocycles. The largest absolute Gasteiger partial charge is 0.297 e. The summed E-state index contributed by atoms with van der Waals surface area (Å²) in [4.78, 5) is 2.42. The fraction of sp³-hybridized carbons (Fsp3) is 0.600. The fourth-order valence-corrected chi connectivity index (χ4v) is 3.14. The summed E-state index contributed by atoms with van der Waals surface area (Å²) in [5.41, 5.74) is 3.34. The number of hydrazine groups is 1. The summed E-state index contributed by atoms with van der Waals surface area (Å²) in [6, 6.07) is 4.63. The lowest BCUT2D eigenvalue weighted by molar-refractivity contribution is 0.106. The van der Waals surface area contributed by atoms with Crippen LogP contribution in [0.2, 0.25) is 5.02 Å². The Balaban J connectivity index is 2.17. The van der Waals surface area contributed by atoms with Crippen LogP contribution < -0.4 is 11.3 Å². The second-order valence-corrected chi connectivity index (χ2v) is 6.44. The highest BCUT2D eigenvalue weighted by atomic mass is 35.5. The number of hydrogen-bond acceptors (Lipinski definition) is 3. The van der Waals surface area contributed by atoms with Gasteiger partial charge in [0.05, 0.1) is 0 Å². The molecule has 0 saturated carbocycles. The van der Waals surface area contributed by atoms with E-state index >= 15 is 0 Å². The van der Waals surface area contributed by atoms with E-state index in [1.807, 2.05) is 0 Å². The van der Waals surface area contributed by atoms with E-state index in [1.165, 1.54) is 18.9 Å². The van der Waals surface area contributed by atoms with E-state index in [0.29, 0.717) is 17.0 Å². The zero-order valence-electron chi connectivity index (χ0n) is 12.1. The first-order valence-corrected chi connectivity index (χ1v) is 7.48. The number of nitrogens with two attached hydrogens (primary N) is 1. The van der Waals surface area contributed by atoms with Gasteiger partial charge in [0.1, 0.15) is 5.82 Å². The predicted molar refractivity (Wildman–Crippen MR) is 81.1 cm³/mol. The molecule has 0 aromatic heterocycles. The molecule has 0 aliphatic carbocycles. The molecule has 1 heterocycles. The van der Waals surface area contributed by atoms with Crippen molar-refractivity contribution in [3.05, 3.63) is 34.6 Å². The van der Waals surface area contributed by atoms with E-state index in [4.69, 9.17) is 17.4 Å². The van der Waals surface area contributed by atoms with Crippen LogP contribution >= 0.6 is 11.6 Å². The van der Waals surface area contributed by atoms with Crippen molar-refractivity contribution >= 4 is 11.6 Å². The fourth-order valence-electron chi connectivity index (χ4n) is 2.95. The van der Waals surface area contributed by atoms with E-state index in [2.05, 4.69) is 24.2 Å². The topological polar surface area (TPSA) is 41.3 Å². The highest BCUT2D eigenvalue weighted by Crippen LogP contribution is 2.27. The van der Waals surface area contributed by atoms with Crippen molar-refractivity contribution in [1.82, 2.24) is 10.3 Å². The summed E-state index contributed by atoms with van der Waals surface area (Å²) < 4.78 is 13.9. The molecule has 3 nitrogen and oxygen atoms in total. The average Bonchev–Trinajstić information content (AvgIpc) is 2.94. The van der Waals surface area contributed by atoms with Crippen molar-refractivity contribution < 1.29 is 4.39 Å². The Labute approximate surface area is 125 Å². The minimum atomic E-state index is -0.230. The van der Waals surface area contributed by atoms with Gasteiger partial charge in [0.25, 0.3) is 0 Å². The number of nitrogens with one attached hydrogen (secondary N) is 1. The molecule has 5 heteroatoms. The average molecular weight is 300 g/mol. The van der Waals surface area contributed by atoms with Gasteiger partial charge in [-0.15, -0.1) is 0 Å². The smallest absolute Gasteiger partial charge is 0.126 e. The van der Waals surface area contributed by atoms with Gasteiger partial charge < -0.3 is 0 Å². The van der Waals surface area contributed by atoms with Gasteiger partial charge in [-0.05, 0) is 70.0 Å². The third-order valence-corrected chi connectivity index (χ3v) is 4.64. The molecule has 1 aliphatic heterocycles. The monoisotopic (exact) mass is 299 g/mol. The predicted octanol–water partition coefficient (Wildman–Crippen LogP) is 2.73. The Morgan fingerprint density at radius 1 is 1.40 bits per heavy atom. The number of hydrogen-bond donors (Lipinski definition) is 2. The van der Waals surface area contributed by atoms with Gasteiger partial charge in [-0.2, -0.15) is 0 Å². The zero-order chi connectivity index (χ0) is 14.8. The molecular formula is C15H23ClFN3. The van der Waals surface area contributed by atoms with Crippen LogP contribution in [0.15, 0.2) is 18.2 Å². The molecule has 1 fully saturated rings. The minimum absolute atomic E-state index is 0.0337. The summed E-state index contributed by atoms with van der Waals surface area (Å²) in [5, 5.41) is 0.552. The number of benzene rings is 1. The summed E-state index contributed by atoms with van der Waals surface area (Å²) in [6.07, 6.45) is 2.95. The van der Waals surface area contributed by atoms with Gasteiger partial charge in [-0.3, -0.25) is 16.2 Å². The Morgan fingerprint density at radius 2 is 2.05 bits per heavy atom. The summed E-state index contributed by atoms with van der Waals surface area (Å²) >= 11 is 5.96. The van der Waals surface area contributed by atoms with Gasteiger partial charge in [0.15, 0.2) is 0 Å². The van der Waals surface area contributed by atoms with Crippen molar-refractivity contribution in [3.63, 3.8) is 0 Å². The van der Waals surface area contributed by atoms with Crippen LogP contribution in [0.25, 0.3) is 0 Å². The highest BCUT2D eigenvalue weighted by molar-refractivity contribution is 6.30. The Morgan fingerprint density at radius 3 is 2.65 bits per heavy atom.